The van der Waals surface area contributed by atoms with Crippen LogP contribution < -0.4 is 11.1 Å². The van der Waals surface area contributed by atoms with Crippen molar-refractivity contribution in [3.63, 3.8) is 0 Å². The van der Waals surface area contributed by atoms with E-state index in [1.54, 1.807) is 10.9 Å². The molecule has 118 valence electrons. The molecular weight excluding hydrogens is 302 g/mol. The number of amides is 1. The van der Waals surface area contributed by atoms with E-state index in [1.807, 2.05) is 30.3 Å². The number of nitrogens with zero attached hydrogens (tertiary/aromatic N) is 3. The molecule has 1 fully saturated rings. The third-order valence-electron chi connectivity index (χ3n) is 3.85. The number of hydrogen-bond donors (Lipinski definition) is 2. The minimum Gasteiger partial charge on any atom is -0.348 e. The Morgan fingerprint density at radius 1 is 1.18 bits per heavy atom. The van der Waals surface area contributed by atoms with Crippen molar-refractivity contribution >= 4 is 18.3 Å². The van der Waals surface area contributed by atoms with E-state index in [0.29, 0.717) is 5.69 Å². The summed E-state index contributed by atoms with van der Waals surface area (Å²) >= 11 is 0. The Morgan fingerprint density at radius 2 is 1.86 bits per heavy atom. The van der Waals surface area contributed by atoms with Crippen LogP contribution in [-0.4, -0.2) is 33.0 Å². The molecule has 1 aliphatic carbocycles. The van der Waals surface area contributed by atoms with Crippen LogP contribution in [0.25, 0.3) is 5.69 Å². The molecule has 1 aromatic carbocycles. The molecule has 0 aliphatic heterocycles. The molecule has 1 heterocycles. The fourth-order valence-electron chi connectivity index (χ4n) is 2.60. The van der Waals surface area contributed by atoms with Crippen molar-refractivity contribution in [3.8, 4) is 5.69 Å². The molecule has 22 heavy (non-hydrogen) atoms. The second-order valence-electron chi connectivity index (χ2n) is 5.47. The van der Waals surface area contributed by atoms with Crippen LogP contribution in [0.3, 0.4) is 0 Å². The Hall–Kier alpha value is -1.92. The number of benzene rings is 1. The molecule has 2 aromatic rings. The molecule has 0 saturated heterocycles. The van der Waals surface area contributed by atoms with Gasteiger partial charge >= 0.3 is 0 Å². The molecule has 1 amide bonds. The van der Waals surface area contributed by atoms with Crippen molar-refractivity contribution in [2.45, 2.75) is 37.8 Å². The summed E-state index contributed by atoms with van der Waals surface area (Å²) in [6.07, 6.45) is 5.43. The summed E-state index contributed by atoms with van der Waals surface area (Å²) in [6.45, 7) is 0. The number of rotatable bonds is 3. The topological polar surface area (TPSA) is 85.8 Å². The largest absolute Gasteiger partial charge is 0.348 e. The van der Waals surface area contributed by atoms with E-state index in [9.17, 15) is 4.79 Å². The van der Waals surface area contributed by atoms with Gasteiger partial charge in [0.25, 0.3) is 5.91 Å². The second kappa shape index (κ2) is 7.38. The number of para-hydroxylation sites is 1. The van der Waals surface area contributed by atoms with Crippen LogP contribution in [0.4, 0.5) is 0 Å². The van der Waals surface area contributed by atoms with Crippen LogP contribution in [0.15, 0.2) is 36.5 Å². The second-order valence-corrected chi connectivity index (χ2v) is 5.47. The zero-order valence-corrected chi connectivity index (χ0v) is 13.0. The Balaban J connectivity index is 0.00000176. The molecule has 3 rings (SSSR count). The van der Waals surface area contributed by atoms with Gasteiger partial charge in [-0.1, -0.05) is 23.4 Å². The van der Waals surface area contributed by atoms with Crippen LogP contribution in [-0.2, 0) is 0 Å². The normalized spacial score (nSPS) is 21.0. The Morgan fingerprint density at radius 3 is 2.55 bits per heavy atom. The van der Waals surface area contributed by atoms with Crippen molar-refractivity contribution in [1.29, 1.82) is 0 Å². The van der Waals surface area contributed by atoms with Crippen LogP contribution in [0.2, 0.25) is 0 Å². The average molecular weight is 322 g/mol. The predicted octanol–water partition coefficient (Wildman–Crippen LogP) is 1.69. The summed E-state index contributed by atoms with van der Waals surface area (Å²) in [5, 5.41) is 11.0. The van der Waals surface area contributed by atoms with Crippen LogP contribution >= 0.6 is 12.4 Å². The highest BCUT2D eigenvalue weighted by atomic mass is 35.5. The van der Waals surface area contributed by atoms with Gasteiger partial charge in [0.1, 0.15) is 0 Å². The van der Waals surface area contributed by atoms with Crippen molar-refractivity contribution in [1.82, 2.24) is 20.3 Å². The first-order valence-corrected chi connectivity index (χ1v) is 7.26. The van der Waals surface area contributed by atoms with Crippen LogP contribution in [0.5, 0.6) is 0 Å². The fourth-order valence-corrected chi connectivity index (χ4v) is 2.60. The summed E-state index contributed by atoms with van der Waals surface area (Å²) in [4.78, 5) is 12.2. The third kappa shape index (κ3) is 3.84. The number of nitrogens with two attached hydrogens (primary N) is 1. The van der Waals surface area contributed by atoms with Crippen molar-refractivity contribution in [2.75, 3.05) is 0 Å². The Labute approximate surface area is 135 Å². The van der Waals surface area contributed by atoms with Gasteiger partial charge in [-0.2, -0.15) is 0 Å². The van der Waals surface area contributed by atoms with Crippen molar-refractivity contribution in [2.24, 2.45) is 5.73 Å². The molecule has 1 saturated carbocycles. The van der Waals surface area contributed by atoms with Gasteiger partial charge in [-0.05, 0) is 37.8 Å². The quantitative estimate of drug-likeness (QED) is 0.900. The smallest absolute Gasteiger partial charge is 0.273 e. The van der Waals surface area contributed by atoms with E-state index in [-0.39, 0.29) is 30.4 Å². The lowest BCUT2D eigenvalue weighted by molar-refractivity contribution is 0.0920. The molecule has 7 heteroatoms. The zero-order chi connectivity index (χ0) is 14.7. The Kier molecular flexibility index (Phi) is 5.51. The molecule has 1 aliphatic rings. The maximum Gasteiger partial charge on any atom is 0.273 e. The molecule has 0 spiro atoms. The SMILES string of the molecule is Cl.NC1CCC(NC(=O)c2cn(-c3ccccc3)nn2)CC1. The standard InChI is InChI=1S/C15H19N5O.ClH/c16-11-6-8-12(9-7-11)17-15(21)14-10-20(19-18-14)13-4-2-1-3-5-13;/h1-5,10-12H,6-9,16H2,(H,17,21);1H. The van der Waals surface area contributed by atoms with Gasteiger partial charge in [-0.15, -0.1) is 17.5 Å². The van der Waals surface area contributed by atoms with E-state index in [4.69, 9.17) is 5.73 Å². The monoisotopic (exact) mass is 321 g/mol. The van der Waals surface area contributed by atoms with Gasteiger partial charge in [-0.3, -0.25) is 4.79 Å². The van der Waals surface area contributed by atoms with E-state index in [1.165, 1.54) is 0 Å². The third-order valence-corrected chi connectivity index (χ3v) is 3.85. The zero-order valence-electron chi connectivity index (χ0n) is 12.2. The first kappa shape index (κ1) is 16.5. The number of hydrogen-bond acceptors (Lipinski definition) is 4. The van der Waals surface area contributed by atoms with Crippen molar-refractivity contribution < 1.29 is 4.79 Å². The highest BCUT2D eigenvalue weighted by Crippen LogP contribution is 2.17. The van der Waals surface area contributed by atoms with E-state index in [2.05, 4.69) is 15.6 Å². The number of carbonyl (C=O) groups is 1. The number of nitrogens with one attached hydrogen (secondary N) is 1. The molecule has 3 N–H and O–H groups in total. The van der Waals surface area contributed by atoms with Gasteiger partial charge < -0.3 is 11.1 Å². The fraction of sp³-hybridized carbons (Fsp3) is 0.400. The lowest BCUT2D eigenvalue weighted by Crippen LogP contribution is -2.40. The lowest BCUT2D eigenvalue weighted by atomic mass is 9.92. The number of carbonyl (C=O) groups excluding carboxylic acids is 1. The highest BCUT2D eigenvalue weighted by molar-refractivity contribution is 5.92. The van der Waals surface area contributed by atoms with E-state index < -0.39 is 0 Å². The molecule has 0 radical (unpaired) electrons. The number of aromatic nitrogens is 3. The summed E-state index contributed by atoms with van der Waals surface area (Å²) in [5.74, 6) is -0.169. The molecule has 0 unspecified atom stereocenters. The van der Waals surface area contributed by atoms with Crippen molar-refractivity contribution in [3.05, 3.63) is 42.2 Å². The number of halogens is 1. The van der Waals surface area contributed by atoms with Gasteiger partial charge in [0.2, 0.25) is 0 Å². The highest BCUT2D eigenvalue weighted by Gasteiger charge is 2.21. The summed E-state index contributed by atoms with van der Waals surface area (Å²) in [7, 11) is 0. The molecular formula is C15H20ClN5O. The van der Waals surface area contributed by atoms with Gasteiger partial charge in [0.05, 0.1) is 11.9 Å². The minimum absolute atomic E-state index is 0. The van der Waals surface area contributed by atoms with Gasteiger partial charge in [-0.25, -0.2) is 4.68 Å². The lowest BCUT2D eigenvalue weighted by Gasteiger charge is -2.26. The molecule has 0 atom stereocenters. The predicted molar refractivity (Wildman–Crippen MR) is 86.3 cm³/mol. The first-order chi connectivity index (χ1) is 10.2. The van der Waals surface area contributed by atoms with Gasteiger partial charge in [0.15, 0.2) is 5.69 Å². The Bertz CT molecular complexity index is 607. The maximum absolute atomic E-state index is 12.2. The van der Waals surface area contributed by atoms with E-state index in [0.717, 1.165) is 31.4 Å². The van der Waals surface area contributed by atoms with Gasteiger partial charge in [0, 0.05) is 12.1 Å². The molecule has 1 aromatic heterocycles. The van der Waals surface area contributed by atoms with Crippen LogP contribution in [0.1, 0.15) is 36.2 Å². The summed E-state index contributed by atoms with van der Waals surface area (Å²) in [5.41, 5.74) is 7.09. The molecule has 0 bridgehead atoms. The molecule has 6 nitrogen and oxygen atoms in total. The minimum atomic E-state index is -0.169. The first-order valence-electron chi connectivity index (χ1n) is 7.26. The van der Waals surface area contributed by atoms with Crippen LogP contribution in [0, 0.1) is 0 Å². The average Bonchev–Trinajstić information content (AvgIpc) is 3.00. The van der Waals surface area contributed by atoms with E-state index >= 15 is 0 Å². The summed E-state index contributed by atoms with van der Waals surface area (Å²) < 4.78 is 1.60. The summed E-state index contributed by atoms with van der Waals surface area (Å²) in [6, 6.07) is 10.1. The maximum atomic E-state index is 12.2.